The summed E-state index contributed by atoms with van der Waals surface area (Å²) in [5.74, 6) is 0.752. The van der Waals surface area contributed by atoms with Gasteiger partial charge in [0.15, 0.2) is 0 Å². The molecule has 1 heterocycles. The van der Waals surface area contributed by atoms with Crippen molar-refractivity contribution in [2.24, 2.45) is 16.7 Å². The Kier molecular flexibility index (Phi) is 5.19. The first-order chi connectivity index (χ1) is 14.3. The third-order valence-corrected chi connectivity index (χ3v) is 9.03. The number of amides is 1. The van der Waals surface area contributed by atoms with E-state index in [9.17, 15) is 9.90 Å². The molecule has 4 atom stereocenters. The van der Waals surface area contributed by atoms with Gasteiger partial charge in [0.05, 0.1) is 11.0 Å². The Morgan fingerprint density at radius 2 is 1.93 bits per heavy atom. The molecule has 0 radical (unpaired) electrons. The number of hydrogen-bond acceptors (Lipinski definition) is 3. The summed E-state index contributed by atoms with van der Waals surface area (Å²) in [7, 11) is 0. The van der Waals surface area contributed by atoms with Crippen LogP contribution in [0, 0.1) is 16.7 Å². The Labute approximate surface area is 185 Å². The zero-order valence-electron chi connectivity index (χ0n) is 18.1. The topological polar surface area (TPSA) is 52.6 Å². The predicted octanol–water partition coefficient (Wildman–Crippen LogP) is 4.53. The van der Waals surface area contributed by atoms with Crippen LogP contribution < -0.4 is 5.32 Å². The molecule has 1 amide bonds. The summed E-state index contributed by atoms with van der Waals surface area (Å²) in [6.07, 6.45) is 8.71. The fourth-order valence-corrected chi connectivity index (χ4v) is 7.87. The lowest BCUT2D eigenvalue weighted by atomic mass is 9.42. The number of likely N-dealkylation sites (tertiary alicyclic amines) is 1. The highest BCUT2D eigenvalue weighted by molar-refractivity contribution is 6.31. The van der Waals surface area contributed by atoms with Crippen LogP contribution in [-0.2, 0) is 11.3 Å². The van der Waals surface area contributed by atoms with Crippen molar-refractivity contribution >= 4 is 17.5 Å². The van der Waals surface area contributed by atoms with Gasteiger partial charge >= 0.3 is 0 Å². The van der Waals surface area contributed by atoms with Crippen LogP contribution in [0.2, 0.25) is 5.02 Å². The molecule has 5 fully saturated rings. The zero-order chi connectivity index (χ0) is 21.0. The van der Waals surface area contributed by atoms with E-state index in [2.05, 4.69) is 23.2 Å². The van der Waals surface area contributed by atoms with Crippen LogP contribution in [0.3, 0.4) is 0 Å². The van der Waals surface area contributed by atoms with Crippen molar-refractivity contribution in [2.45, 2.75) is 82.9 Å². The first kappa shape index (κ1) is 20.8. The highest BCUT2D eigenvalue weighted by Gasteiger charge is 2.64. The largest absolute Gasteiger partial charge is 0.390 e. The second kappa shape index (κ2) is 7.50. The molecule has 4 bridgehead atoms. The first-order valence-corrected chi connectivity index (χ1v) is 12.2. The number of nitrogens with zero attached hydrogens (tertiary/aromatic N) is 1. The van der Waals surface area contributed by atoms with Gasteiger partial charge in [-0.05, 0) is 74.3 Å². The monoisotopic (exact) mass is 430 g/mol. The van der Waals surface area contributed by atoms with E-state index in [1.165, 1.54) is 12.0 Å². The Morgan fingerprint density at radius 3 is 2.63 bits per heavy atom. The van der Waals surface area contributed by atoms with Gasteiger partial charge in [-0.2, -0.15) is 0 Å². The second-order valence-corrected chi connectivity index (χ2v) is 11.4. The molecule has 1 aromatic carbocycles. The van der Waals surface area contributed by atoms with Crippen LogP contribution in [0.4, 0.5) is 0 Å². The highest BCUT2D eigenvalue weighted by atomic mass is 35.5. The van der Waals surface area contributed by atoms with Crippen molar-refractivity contribution in [3.8, 4) is 0 Å². The first-order valence-electron chi connectivity index (χ1n) is 11.8. The summed E-state index contributed by atoms with van der Waals surface area (Å²) in [5, 5.41) is 15.5. The molecule has 30 heavy (non-hydrogen) atoms. The molecule has 4 unspecified atom stereocenters. The predicted molar refractivity (Wildman–Crippen MR) is 119 cm³/mol. The van der Waals surface area contributed by atoms with E-state index in [0.29, 0.717) is 12.3 Å². The number of carbonyl (C=O) groups is 1. The molecule has 1 aliphatic heterocycles. The van der Waals surface area contributed by atoms with E-state index in [1.807, 2.05) is 18.2 Å². The van der Waals surface area contributed by atoms with Crippen molar-refractivity contribution in [1.82, 2.24) is 10.2 Å². The lowest BCUT2D eigenvalue weighted by molar-refractivity contribution is -0.204. The number of piperidine rings is 1. The minimum absolute atomic E-state index is 0.184. The molecule has 4 nitrogen and oxygen atoms in total. The molecule has 1 aromatic rings. The molecular formula is C25H35ClN2O2. The van der Waals surface area contributed by atoms with Crippen molar-refractivity contribution in [3.63, 3.8) is 0 Å². The Bertz CT molecular complexity index is 823. The number of aliphatic hydroxyl groups is 1. The lowest BCUT2D eigenvalue weighted by Gasteiger charge is -2.64. The van der Waals surface area contributed by atoms with E-state index in [0.717, 1.165) is 69.6 Å². The SMILES string of the molecule is CCC12CC3CC(O)(C1)CC(C(=O)NC1CCN(Cc4ccccc4Cl)CC1)(C3)C2. The van der Waals surface area contributed by atoms with Gasteiger partial charge in [0.1, 0.15) is 0 Å². The van der Waals surface area contributed by atoms with Crippen molar-refractivity contribution < 1.29 is 9.90 Å². The van der Waals surface area contributed by atoms with E-state index < -0.39 is 5.60 Å². The molecule has 5 aliphatic rings. The number of carbonyl (C=O) groups excluding carboxylic acids is 1. The number of rotatable bonds is 5. The van der Waals surface area contributed by atoms with E-state index in [1.54, 1.807) is 0 Å². The average molecular weight is 431 g/mol. The van der Waals surface area contributed by atoms with E-state index in [4.69, 9.17) is 11.6 Å². The Balaban J connectivity index is 1.20. The maximum atomic E-state index is 13.5. The van der Waals surface area contributed by atoms with Crippen LogP contribution in [0.1, 0.15) is 70.3 Å². The minimum Gasteiger partial charge on any atom is -0.390 e. The molecule has 6 rings (SSSR count). The summed E-state index contributed by atoms with van der Waals surface area (Å²) < 4.78 is 0. The van der Waals surface area contributed by atoms with Gasteiger partial charge in [0.2, 0.25) is 5.91 Å². The van der Waals surface area contributed by atoms with Gasteiger partial charge < -0.3 is 10.4 Å². The van der Waals surface area contributed by atoms with Crippen molar-refractivity contribution in [3.05, 3.63) is 34.9 Å². The van der Waals surface area contributed by atoms with Crippen LogP contribution in [0.25, 0.3) is 0 Å². The molecule has 164 valence electrons. The van der Waals surface area contributed by atoms with Gasteiger partial charge in [-0.15, -0.1) is 0 Å². The molecular weight excluding hydrogens is 396 g/mol. The van der Waals surface area contributed by atoms with E-state index >= 15 is 0 Å². The number of benzene rings is 1. The molecule has 0 spiro atoms. The standard InChI is InChI=1S/C25H35ClN2O2/c1-2-23-11-18-12-24(15-23,17-25(30,13-18)16-23)22(29)27-20-7-9-28(10-8-20)14-19-5-3-4-6-21(19)26/h3-6,18,20,30H,2,7-17H2,1H3,(H,27,29). The number of halogens is 1. The summed E-state index contributed by atoms with van der Waals surface area (Å²) in [5.41, 5.74) is 0.418. The molecule has 1 saturated heterocycles. The molecule has 5 heteroatoms. The fourth-order valence-electron chi connectivity index (χ4n) is 7.67. The second-order valence-electron chi connectivity index (χ2n) is 11.0. The summed E-state index contributed by atoms with van der Waals surface area (Å²) in [6, 6.07) is 8.30. The summed E-state index contributed by atoms with van der Waals surface area (Å²) in [4.78, 5) is 16.0. The van der Waals surface area contributed by atoms with Crippen molar-refractivity contribution in [2.75, 3.05) is 13.1 Å². The zero-order valence-corrected chi connectivity index (χ0v) is 18.9. The summed E-state index contributed by atoms with van der Waals surface area (Å²) in [6.45, 7) is 5.08. The van der Waals surface area contributed by atoms with Crippen LogP contribution in [0.15, 0.2) is 24.3 Å². The maximum absolute atomic E-state index is 13.5. The van der Waals surface area contributed by atoms with E-state index in [-0.39, 0.29) is 22.8 Å². The van der Waals surface area contributed by atoms with Gasteiger partial charge in [0.25, 0.3) is 0 Å². The molecule has 4 saturated carbocycles. The third kappa shape index (κ3) is 3.69. The van der Waals surface area contributed by atoms with Crippen LogP contribution >= 0.6 is 11.6 Å². The Morgan fingerprint density at radius 1 is 1.17 bits per heavy atom. The van der Waals surface area contributed by atoms with Crippen molar-refractivity contribution in [1.29, 1.82) is 0 Å². The molecule has 4 aliphatic carbocycles. The van der Waals surface area contributed by atoms with Gasteiger partial charge in [-0.3, -0.25) is 9.69 Å². The molecule has 0 aromatic heterocycles. The Hall–Kier alpha value is -1.10. The summed E-state index contributed by atoms with van der Waals surface area (Å²) >= 11 is 6.32. The van der Waals surface area contributed by atoms with Gasteiger partial charge in [0, 0.05) is 30.7 Å². The minimum atomic E-state index is -0.606. The quantitative estimate of drug-likeness (QED) is 0.721. The average Bonchev–Trinajstić information content (AvgIpc) is 2.69. The molecule has 2 N–H and O–H groups in total. The number of hydrogen-bond donors (Lipinski definition) is 2. The number of nitrogens with one attached hydrogen (secondary N) is 1. The van der Waals surface area contributed by atoms with Crippen LogP contribution in [0.5, 0.6) is 0 Å². The fraction of sp³-hybridized carbons (Fsp3) is 0.720. The highest BCUT2D eigenvalue weighted by Crippen LogP contribution is 2.67. The van der Waals surface area contributed by atoms with Gasteiger partial charge in [-0.1, -0.05) is 43.1 Å². The lowest BCUT2D eigenvalue weighted by Crippen LogP contribution is -2.64. The normalized spacial score (nSPS) is 38.7. The maximum Gasteiger partial charge on any atom is 0.226 e. The smallest absolute Gasteiger partial charge is 0.226 e. The van der Waals surface area contributed by atoms with Crippen LogP contribution in [-0.4, -0.2) is 40.6 Å². The van der Waals surface area contributed by atoms with Gasteiger partial charge in [-0.25, -0.2) is 0 Å². The third-order valence-electron chi connectivity index (χ3n) is 8.66.